The zero-order valence-corrected chi connectivity index (χ0v) is 16.6. The predicted molar refractivity (Wildman–Crippen MR) is 114 cm³/mol. The van der Waals surface area contributed by atoms with Crippen molar-refractivity contribution < 1.29 is 9.53 Å². The summed E-state index contributed by atoms with van der Waals surface area (Å²) >= 11 is 0. The third-order valence-electron chi connectivity index (χ3n) is 5.97. The van der Waals surface area contributed by atoms with Crippen molar-refractivity contribution in [3.8, 4) is 22.3 Å². The smallest absolute Gasteiger partial charge is 0.413 e. The molecule has 0 radical (unpaired) electrons. The van der Waals surface area contributed by atoms with Gasteiger partial charge in [0.25, 0.3) is 0 Å². The Morgan fingerprint density at radius 3 is 2.17 bits per heavy atom. The normalized spacial score (nSPS) is 16.3. The van der Waals surface area contributed by atoms with Gasteiger partial charge in [-0.3, -0.25) is 10.00 Å². The lowest BCUT2D eigenvalue weighted by molar-refractivity contribution is 0.0623. The Morgan fingerprint density at radius 2 is 1.59 bits per heavy atom. The van der Waals surface area contributed by atoms with E-state index in [1.807, 2.05) is 7.05 Å². The van der Waals surface area contributed by atoms with Crippen LogP contribution in [-0.4, -0.2) is 22.0 Å². The number of carbonyl (C=O) groups is 1. The summed E-state index contributed by atoms with van der Waals surface area (Å²) in [6.07, 6.45) is 7.10. The second-order valence-electron chi connectivity index (χ2n) is 8.09. The monoisotopic (exact) mass is 387 g/mol. The van der Waals surface area contributed by atoms with E-state index in [0.29, 0.717) is 5.82 Å². The van der Waals surface area contributed by atoms with Gasteiger partial charge in [-0.2, -0.15) is 5.10 Å². The molecular formula is C24H25N3O2. The van der Waals surface area contributed by atoms with Crippen LogP contribution in [0.3, 0.4) is 0 Å². The number of benzene rings is 2. The first-order valence-corrected chi connectivity index (χ1v) is 10.4. The molecule has 2 aliphatic carbocycles. The molecule has 148 valence electrons. The summed E-state index contributed by atoms with van der Waals surface area (Å²) < 4.78 is 7.09. The van der Waals surface area contributed by atoms with E-state index in [4.69, 9.17) is 4.74 Å². The minimum atomic E-state index is -0.410. The number of aryl methyl sites for hydroxylation is 1. The van der Waals surface area contributed by atoms with Crippen molar-refractivity contribution in [3.63, 3.8) is 0 Å². The summed E-state index contributed by atoms with van der Waals surface area (Å²) in [5.74, 6) is 1.43. The number of amides is 1. The van der Waals surface area contributed by atoms with Crippen molar-refractivity contribution in [3.05, 3.63) is 60.3 Å². The summed E-state index contributed by atoms with van der Waals surface area (Å²) in [5, 5.41) is 7.18. The topological polar surface area (TPSA) is 56.2 Å². The van der Waals surface area contributed by atoms with Gasteiger partial charge in [0.1, 0.15) is 11.9 Å². The first-order valence-electron chi connectivity index (χ1n) is 10.4. The zero-order chi connectivity index (χ0) is 19.8. The van der Waals surface area contributed by atoms with Gasteiger partial charge >= 0.3 is 6.09 Å². The molecule has 0 aliphatic heterocycles. The first kappa shape index (κ1) is 18.0. The fraction of sp³-hybridized carbons (Fsp3) is 0.333. The molecule has 3 aromatic rings. The highest BCUT2D eigenvalue weighted by Crippen LogP contribution is 2.40. The lowest BCUT2D eigenvalue weighted by Crippen LogP contribution is -2.28. The van der Waals surface area contributed by atoms with E-state index in [-0.39, 0.29) is 6.10 Å². The third kappa shape index (κ3) is 3.77. The molecule has 1 N–H and O–H groups in total. The molecule has 0 bridgehead atoms. The van der Waals surface area contributed by atoms with Gasteiger partial charge < -0.3 is 4.74 Å². The molecule has 1 heterocycles. The second-order valence-corrected chi connectivity index (χ2v) is 8.09. The van der Waals surface area contributed by atoms with E-state index in [0.717, 1.165) is 36.3 Å². The second kappa shape index (κ2) is 7.39. The van der Waals surface area contributed by atoms with Gasteiger partial charge in [0.05, 0.1) is 6.20 Å². The Labute approximate surface area is 170 Å². The molecule has 2 aliphatic rings. The number of nitrogens with one attached hydrogen (secondary N) is 1. The maximum absolute atomic E-state index is 12.2. The summed E-state index contributed by atoms with van der Waals surface area (Å²) in [5.41, 5.74) is 5.74. The van der Waals surface area contributed by atoms with Crippen LogP contribution in [0.15, 0.2) is 54.7 Å². The van der Waals surface area contributed by atoms with E-state index in [9.17, 15) is 4.79 Å². The summed E-state index contributed by atoms with van der Waals surface area (Å²) in [7, 11) is 1.82. The number of ether oxygens (including phenoxy) is 1. The maximum atomic E-state index is 12.2. The molecule has 1 aromatic heterocycles. The number of rotatable bonds is 5. The van der Waals surface area contributed by atoms with Crippen molar-refractivity contribution in [1.82, 2.24) is 9.78 Å². The molecule has 1 amide bonds. The molecular weight excluding hydrogens is 362 g/mol. The lowest BCUT2D eigenvalue weighted by Gasteiger charge is -2.25. The predicted octanol–water partition coefficient (Wildman–Crippen LogP) is 5.73. The SMILES string of the molecule is Cn1ncc(-c2ccc(-c3ccc(C4CC4)cc3)cc2)c1NC(=O)OC1CCC1. The molecule has 29 heavy (non-hydrogen) atoms. The van der Waals surface area contributed by atoms with Gasteiger partial charge in [-0.15, -0.1) is 0 Å². The van der Waals surface area contributed by atoms with Crippen LogP contribution in [0.25, 0.3) is 22.3 Å². The van der Waals surface area contributed by atoms with Gasteiger partial charge in [0.15, 0.2) is 0 Å². The molecule has 0 atom stereocenters. The molecule has 0 saturated heterocycles. The Kier molecular flexibility index (Phi) is 4.58. The standard InChI is InChI=1S/C24H25N3O2/c1-27-23(26-24(28)29-21-3-2-4-21)22(15-25-27)20-13-11-19(12-14-20)18-9-7-17(8-10-18)16-5-6-16/h7-16,21H,2-6H2,1H3,(H,26,28). The summed E-state index contributed by atoms with van der Waals surface area (Å²) in [4.78, 5) is 12.2. The quantitative estimate of drug-likeness (QED) is 0.608. The Balaban J connectivity index is 1.33. The van der Waals surface area contributed by atoms with Crippen LogP contribution in [-0.2, 0) is 11.8 Å². The van der Waals surface area contributed by atoms with Gasteiger partial charge in [0.2, 0.25) is 0 Å². The van der Waals surface area contributed by atoms with E-state index in [2.05, 4.69) is 58.9 Å². The highest BCUT2D eigenvalue weighted by Gasteiger charge is 2.24. The van der Waals surface area contributed by atoms with E-state index in [1.54, 1.807) is 10.9 Å². The molecule has 2 aromatic carbocycles. The van der Waals surface area contributed by atoms with Crippen LogP contribution < -0.4 is 5.32 Å². The fourth-order valence-corrected chi connectivity index (χ4v) is 3.77. The van der Waals surface area contributed by atoms with Gasteiger partial charge in [0, 0.05) is 12.6 Å². The number of nitrogens with zero attached hydrogens (tertiary/aromatic N) is 2. The molecule has 2 saturated carbocycles. The van der Waals surface area contributed by atoms with Crippen LogP contribution in [0.1, 0.15) is 43.6 Å². The maximum Gasteiger partial charge on any atom is 0.413 e. The minimum Gasteiger partial charge on any atom is -0.446 e. The fourth-order valence-electron chi connectivity index (χ4n) is 3.77. The average molecular weight is 387 g/mol. The van der Waals surface area contributed by atoms with Crippen LogP contribution in [0.4, 0.5) is 10.6 Å². The Hall–Kier alpha value is -3.08. The molecule has 5 rings (SSSR count). The number of aromatic nitrogens is 2. The molecule has 0 unspecified atom stereocenters. The zero-order valence-electron chi connectivity index (χ0n) is 16.6. The van der Waals surface area contributed by atoms with Crippen LogP contribution in [0.2, 0.25) is 0 Å². The largest absolute Gasteiger partial charge is 0.446 e. The lowest BCUT2D eigenvalue weighted by atomic mass is 9.96. The molecule has 5 heteroatoms. The number of anilines is 1. The van der Waals surface area contributed by atoms with E-state index in [1.165, 1.54) is 29.5 Å². The van der Waals surface area contributed by atoms with Crippen molar-refractivity contribution in [2.45, 2.75) is 44.1 Å². The van der Waals surface area contributed by atoms with Crippen molar-refractivity contribution in [1.29, 1.82) is 0 Å². The molecule has 0 spiro atoms. The minimum absolute atomic E-state index is 0.0530. The van der Waals surface area contributed by atoms with Crippen molar-refractivity contribution in [2.75, 3.05) is 5.32 Å². The Morgan fingerprint density at radius 1 is 0.966 bits per heavy atom. The number of hydrogen-bond donors (Lipinski definition) is 1. The highest BCUT2D eigenvalue weighted by molar-refractivity contribution is 5.90. The molecule has 5 nitrogen and oxygen atoms in total. The average Bonchev–Trinajstić information content (AvgIpc) is 3.50. The van der Waals surface area contributed by atoms with Gasteiger partial charge in [-0.25, -0.2) is 4.79 Å². The van der Waals surface area contributed by atoms with Crippen LogP contribution in [0, 0.1) is 0 Å². The van der Waals surface area contributed by atoms with Crippen molar-refractivity contribution in [2.24, 2.45) is 7.05 Å². The van der Waals surface area contributed by atoms with Crippen LogP contribution >= 0.6 is 0 Å². The van der Waals surface area contributed by atoms with Gasteiger partial charge in [-0.1, -0.05) is 48.5 Å². The van der Waals surface area contributed by atoms with E-state index >= 15 is 0 Å². The number of carbonyl (C=O) groups excluding carboxylic acids is 1. The molecule has 2 fully saturated rings. The van der Waals surface area contributed by atoms with Crippen molar-refractivity contribution >= 4 is 11.9 Å². The highest BCUT2D eigenvalue weighted by atomic mass is 16.6. The van der Waals surface area contributed by atoms with Gasteiger partial charge in [-0.05, 0) is 60.3 Å². The first-order chi connectivity index (χ1) is 14.2. The van der Waals surface area contributed by atoms with Crippen LogP contribution in [0.5, 0.6) is 0 Å². The summed E-state index contributed by atoms with van der Waals surface area (Å²) in [6.45, 7) is 0. The van der Waals surface area contributed by atoms with E-state index < -0.39 is 6.09 Å². The number of hydrogen-bond acceptors (Lipinski definition) is 3. The third-order valence-corrected chi connectivity index (χ3v) is 5.97. The Bertz CT molecular complexity index is 1010. The summed E-state index contributed by atoms with van der Waals surface area (Å²) in [6, 6.07) is 17.3.